The van der Waals surface area contributed by atoms with E-state index < -0.39 is 0 Å². The van der Waals surface area contributed by atoms with Crippen molar-refractivity contribution in [3.63, 3.8) is 0 Å². The van der Waals surface area contributed by atoms with Crippen LogP contribution >= 0.6 is 0 Å². The third kappa shape index (κ3) is 1.76. The molecule has 0 atom stereocenters. The highest BCUT2D eigenvalue weighted by molar-refractivity contribution is 5.95. The highest BCUT2D eigenvalue weighted by Gasteiger charge is 2.13. The molecule has 3 rings (SSSR count). The van der Waals surface area contributed by atoms with Crippen molar-refractivity contribution >= 4 is 11.0 Å². The number of H-pyrrole nitrogens is 1. The molecule has 0 radical (unpaired) electrons. The van der Waals surface area contributed by atoms with Crippen LogP contribution in [0, 0.1) is 25.2 Å². The van der Waals surface area contributed by atoms with E-state index in [1.54, 1.807) is 6.20 Å². The fourth-order valence-electron chi connectivity index (χ4n) is 2.33. The molecule has 0 aliphatic carbocycles. The Morgan fingerprint density at radius 1 is 1.21 bits per heavy atom. The van der Waals surface area contributed by atoms with Crippen LogP contribution in [0.2, 0.25) is 0 Å². The van der Waals surface area contributed by atoms with Gasteiger partial charge in [0.1, 0.15) is 18.0 Å². The van der Waals surface area contributed by atoms with E-state index in [-0.39, 0.29) is 0 Å². The third-order valence-corrected chi connectivity index (χ3v) is 3.23. The van der Waals surface area contributed by atoms with E-state index in [0.717, 1.165) is 22.2 Å². The molecule has 4 heteroatoms. The van der Waals surface area contributed by atoms with Crippen molar-refractivity contribution in [2.75, 3.05) is 0 Å². The normalized spacial score (nSPS) is 10.6. The van der Waals surface area contributed by atoms with Gasteiger partial charge in [-0.2, -0.15) is 5.26 Å². The molecule has 0 amide bonds. The number of aromatic nitrogens is 3. The summed E-state index contributed by atoms with van der Waals surface area (Å²) < 4.78 is 0. The summed E-state index contributed by atoms with van der Waals surface area (Å²) >= 11 is 0. The average molecular weight is 248 g/mol. The fraction of sp³-hybridized carbons (Fsp3) is 0.133. The van der Waals surface area contributed by atoms with Crippen molar-refractivity contribution in [3.8, 4) is 17.3 Å². The number of rotatable bonds is 1. The molecule has 4 nitrogen and oxygen atoms in total. The molecule has 0 fully saturated rings. The molecule has 19 heavy (non-hydrogen) atoms. The van der Waals surface area contributed by atoms with Gasteiger partial charge in [0.15, 0.2) is 0 Å². The summed E-state index contributed by atoms with van der Waals surface area (Å²) in [6.45, 7) is 4.11. The summed E-state index contributed by atoms with van der Waals surface area (Å²) in [5.41, 5.74) is 5.47. The second-order valence-corrected chi connectivity index (χ2v) is 4.58. The van der Waals surface area contributed by atoms with Gasteiger partial charge in [-0.3, -0.25) is 0 Å². The summed E-state index contributed by atoms with van der Waals surface area (Å²) in [5, 5.41) is 9.97. The first-order valence-electron chi connectivity index (χ1n) is 6.00. The molecule has 0 unspecified atom stereocenters. The lowest BCUT2D eigenvalue weighted by Gasteiger charge is -2.07. The van der Waals surface area contributed by atoms with E-state index in [9.17, 15) is 5.26 Å². The molecule has 0 spiro atoms. The minimum Gasteiger partial charge on any atom is -0.345 e. The van der Waals surface area contributed by atoms with Crippen molar-refractivity contribution in [3.05, 3.63) is 47.4 Å². The molecule has 92 valence electrons. The number of aryl methyl sites for hydroxylation is 2. The first-order chi connectivity index (χ1) is 9.20. The highest BCUT2D eigenvalue weighted by atomic mass is 14.9. The van der Waals surface area contributed by atoms with Gasteiger partial charge in [0, 0.05) is 11.8 Å². The predicted molar refractivity (Wildman–Crippen MR) is 73.5 cm³/mol. The van der Waals surface area contributed by atoms with Gasteiger partial charge in [-0.15, -0.1) is 0 Å². The molecule has 3 aromatic rings. The summed E-state index contributed by atoms with van der Waals surface area (Å²) in [5.74, 6) is 0. The van der Waals surface area contributed by atoms with Crippen molar-refractivity contribution in [2.45, 2.75) is 13.8 Å². The Kier molecular flexibility index (Phi) is 2.53. The number of nitrogens with zero attached hydrogens (tertiary/aromatic N) is 3. The van der Waals surface area contributed by atoms with E-state index >= 15 is 0 Å². The third-order valence-electron chi connectivity index (χ3n) is 3.23. The van der Waals surface area contributed by atoms with Gasteiger partial charge in [0.2, 0.25) is 0 Å². The van der Waals surface area contributed by atoms with E-state index in [1.807, 2.05) is 6.07 Å². The standard InChI is InChI=1S/C15H12N4/c1-9-3-4-12(10(2)5-9)14-13-11(6-16)7-17-15(13)19-8-18-14/h3-5,7-8H,1-2H3,(H,17,18,19). The molecule has 1 N–H and O–H groups in total. The van der Waals surface area contributed by atoms with E-state index in [1.165, 1.54) is 11.9 Å². The average Bonchev–Trinajstić information content (AvgIpc) is 2.82. The molecule has 0 saturated heterocycles. The van der Waals surface area contributed by atoms with Gasteiger partial charge < -0.3 is 4.98 Å². The summed E-state index contributed by atoms with van der Waals surface area (Å²) in [6.07, 6.45) is 3.20. The van der Waals surface area contributed by atoms with Crippen LogP contribution in [0.1, 0.15) is 16.7 Å². The van der Waals surface area contributed by atoms with Gasteiger partial charge in [0.25, 0.3) is 0 Å². The number of benzene rings is 1. The second-order valence-electron chi connectivity index (χ2n) is 4.58. The lowest BCUT2D eigenvalue weighted by Crippen LogP contribution is -1.91. The quantitative estimate of drug-likeness (QED) is 0.719. The Morgan fingerprint density at radius 3 is 2.79 bits per heavy atom. The number of fused-ring (bicyclic) bond motifs is 1. The molecule has 0 aliphatic heterocycles. The zero-order valence-electron chi connectivity index (χ0n) is 10.7. The second kappa shape index (κ2) is 4.21. The number of hydrogen-bond donors (Lipinski definition) is 1. The van der Waals surface area contributed by atoms with Crippen molar-refractivity contribution < 1.29 is 0 Å². The largest absolute Gasteiger partial charge is 0.345 e. The molecule has 0 aliphatic rings. The minimum absolute atomic E-state index is 0.575. The Balaban J connectivity index is 2.36. The van der Waals surface area contributed by atoms with Crippen LogP contribution in [0.5, 0.6) is 0 Å². The molecule has 1 aromatic carbocycles. The van der Waals surface area contributed by atoms with Crippen molar-refractivity contribution in [2.24, 2.45) is 0 Å². The zero-order chi connectivity index (χ0) is 13.4. The first kappa shape index (κ1) is 11.4. The molecule has 0 saturated carbocycles. The van der Waals surface area contributed by atoms with E-state index in [4.69, 9.17) is 0 Å². The highest BCUT2D eigenvalue weighted by Crippen LogP contribution is 2.30. The molecular weight excluding hydrogens is 236 g/mol. The molecule has 2 heterocycles. The van der Waals surface area contributed by atoms with Crippen LogP contribution in [0.15, 0.2) is 30.7 Å². The Hall–Kier alpha value is -2.67. The number of nitriles is 1. The fourth-order valence-corrected chi connectivity index (χ4v) is 2.33. The molecular formula is C15H12N4. The zero-order valence-corrected chi connectivity index (χ0v) is 10.7. The minimum atomic E-state index is 0.575. The first-order valence-corrected chi connectivity index (χ1v) is 6.00. The SMILES string of the molecule is Cc1ccc(-c2ncnc3[nH]cc(C#N)c23)c(C)c1. The predicted octanol–water partition coefficient (Wildman–Crippen LogP) is 3.11. The maximum absolute atomic E-state index is 9.18. The maximum Gasteiger partial charge on any atom is 0.142 e. The Labute approximate surface area is 110 Å². The van der Waals surface area contributed by atoms with Gasteiger partial charge in [-0.25, -0.2) is 9.97 Å². The van der Waals surface area contributed by atoms with Crippen LogP contribution in [0.4, 0.5) is 0 Å². The molecule has 2 aromatic heterocycles. The van der Waals surface area contributed by atoms with E-state index in [0.29, 0.717) is 11.2 Å². The van der Waals surface area contributed by atoms with Crippen LogP contribution in [-0.4, -0.2) is 15.0 Å². The molecule has 0 bridgehead atoms. The Morgan fingerprint density at radius 2 is 2.05 bits per heavy atom. The van der Waals surface area contributed by atoms with Crippen molar-refractivity contribution in [1.29, 1.82) is 5.26 Å². The number of hydrogen-bond acceptors (Lipinski definition) is 3. The van der Waals surface area contributed by atoms with Crippen LogP contribution in [0.25, 0.3) is 22.3 Å². The van der Waals surface area contributed by atoms with Gasteiger partial charge in [0.05, 0.1) is 16.6 Å². The lowest BCUT2D eigenvalue weighted by molar-refractivity contribution is 1.20. The van der Waals surface area contributed by atoms with Crippen LogP contribution < -0.4 is 0 Å². The van der Waals surface area contributed by atoms with Gasteiger partial charge in [-0.1, -0.05) is 23.8 Å². The van der Waals surface area contributed by atoms with Gasteiger partial charge >= 0.3 is 0 Å². The van der Waals surface area contributed by atoms with Gasteiger partial charge in [-0.05, 0) is 19.4 Å². The Bertz CT molecular complexity index is 809. The van der Waals surface area contributed by atoms with E-state index in [2.05, 4.69) is 47.0 Å². The monoisotopic (exact) mass is 248 g/mol. The summed E-state index contributed by atoms with van der Waals surface area (Å²) in [4.78, 5) is 11.5. The number of nitrogens with one attached hydrogen (secondary N) is 1. The lowest BCUT2D eigenvalue weighted by atomic mass is 10.00. The number of aromatic amines is 1. The van der Waals surface area contributed by atoms with Crippen LogP contribution in [0.3, 0.4) is 0 Å². The maximum atomic E-state index is 9.18. The van der Waals surface area contributed by atoms with Crippen LogP contribution in [-0.2, 0) is 0 Å². The van der Waals surface area contributed by atoms with Crippen molar-refractivity contribution in [1.82, 2.24) is 15.0 Å². The smallest absolute Gasteiger partial charge is 0.142 e. The summed E-state index contributed by atoms with van der Waals surface area (Å²) in [6, 6.07) is 8.39. The summed E-state index contributed by atoms with van der Waals surface area (Å²) in [7, 11) is 0. The topological polar surface area (TPSA) is 65.4 Å².